The summed E-state index contributed by atoms with van der Waals surface area (Å²) in [7, 11) is -2.16. The molecule has 1 N–H and O–H groups in total. The van der Waals surface area contributed by atoms with Crippen molar-refractivity contribution in [3.8, 4) is 0 Å². The number of thioether (sulfide) groups is 1. The zero-order valence-corrected chi connectivity index (χ0v) is 13.5. The van der Waals surface area contributed by atoms with E-state index in [1.165, 1.54) is 19.2 Å². The predicted octanol–water partition coefficient (Wildman–Crippen LogP) is 1.58. The average Bonchev–Trinajstić information content (AvgIpc) is 2.48. The van der Waals surface area contributed by atoms with Crippen molar-refractivity contribution in [2.45, 2.75) is 30.2 Å². The zero-order valence-electron chi connectivity index (χ0n) is 11.9. The van der Waals surface area contributed by atoms with Crippen molar-refractivity contribution in [2.24, 2.45) is 0 Å². The van der Waals surface area contributed by atoms with E-state index in [-0.39, 0.29) is 23.3 Å². The van der Waals surface area contributed by atoms with Gasteiger partial charge >= 0.3 is 5.97 Å². The molecule has 1 unspecified atom stereocenters. The van der Waals surface area contributed by atoms with E-state index in [4.69, 9.17) is 0 Å². The molecule has 1 aliphatic heterocycles. The quantitative estimate of drug-likeness (QED) is 0.830. The number of nitrogens with one attached hydrogen (secondary N) is 1. The fraction of sp³-hybridized carbons (Fsp3) is 0.500. The highest BCUT2D eigenvalue weighted by Gasteiger charge is 2.22. The Morgan fingerprint density at radius 1 is 1.38 bits per heavy atom. The number of ether oxygens (including phenoxy) is 1. The van der Waals surface area contributed by atoms with Gasteiger partial charge in [0, 0.05) is 11.8 Å². The van der Waals surface area contributed by atoms with Crippen LogP contribution in [0, 0.1) is 0 Å². The zero-order chi connectivity index (χ0) is 15.3. The summed E-state index contributed by atoms with van der Waals surface area (Å²) in [6.07, 6.45) is 2.06. The van der Waals surface area contributed by atoms with Crippen molar-refractivity contribution in [1.29, 1.82) is 0 Å². The van der Waals surface area contributed by atoms with Crippen molar-refractivity contribution in [3.63, 3.8) is 0 Å². The minimum Gasteiger partial charge on any atom is -0.469 e. The molecule has 2 rings (SSSR count). The third kappa shape index (κ3) is 4.72. The second kappa shape index (κ2) is 7.29. The first-order valence-corrected chi connectivity index (χ1v) is 9.41. The van der Waals surface area contributed by atoms with Crippen molar-refractivity contribution in [2.75, 3.05) is 18.6 Å². The largest absolute Gasteiger partial charge is 0.469 e. The van der Waals surface area contributed by atoms with Gasteiger partial charge in [0.25, 0.3) is 0 Å². The van der Waals surface area contributed by atoms with Crippen LogP contribution in [0.3, 0.4) is 0 Å². The van der Waals surface area contributed by atoms with Crippen LogP contribution in [0.15, 0.2) is 29.2 Å². The van der Waals surface area contributed by atoms with Gasteiger partial charge in [0.15, 0.2) is 0 Å². The molecule has 1 atom stereocenters. The molecule has 0 radical (unpaired) electrons. The third-order valence-corrected chi connectivity index (χ3v) is 6.04. The molecule has 1 aromatic carbocycles. The Kier molecular flexibility index (Phi) is 5.66. The Morgan fingerprint density at radius 2 is 2.10 bits per heavy atom. The van der Waals surface area contributed by atoms with E-state index >= 15 is 0 Å². The summed E-state index contributed by atoms with van der Waals surface area (Å²) >= 11 is 1.77. The smallest absolute Gasteiger partial charge is 0.309 e. The number of rotatable bonds is 5. The molecule has 1 saturated heterocycles. The second-order valence-corrected chi connectivity index (χ2v) is 7.80. The van der Waals surface area contributed by atoms with E-state index in [2.05, 4.69) is 9.46 Å². The highest BCUT2D eigenvalue weighted by atomic mass is 32.2. The monoisotopic (exact) mass is 329 g/mol. The van der Waals surface area contributed by atoms with Gasteiger partial charge in [-0.25, -0.2) is 13.1 Å². The van der Waals surface area contributed by atoms with Crippen molar-refractivity contribution in [1.82, 2.24) is 4.72 Å². The van der Waals surface area contributed by atoms with Gasteiger partial charge < -0.3 is 4.74 Å². The van der Waals surface area contributed by atoms with E-state index in [1.807, 2.05) is 0 Å². The molecule has 0 bridgehead atoms. The molecule has 0 aromatic heterocycles. The molecule has 7 heteroatoms. The fourth-order valence-corrected chi connectivity index (χ4v) is 4.59. The number of methoxy groups -OCH3 is 1. The minimum absolute atomic E-state index is 0.00324. The van der Waals surface area contributed by atoms with Gasteiger partial charge in [0.2, 0.25) is 10.0 Å². The lowest BCUT2D eigenvalue weighted by Crippen LogP contribution is -2.38. The maximum Gasteiger partial charge on any atom is 0.309 e. The van der Waals surface area contributed by atoms with Gasteiger partial charge in [-0.3, -0.25) is 4.79 Å². The van der Waals surface area contributed by atoms with Crippen LogP contribution in [0.1, 0.15) is 18.4 Å². The van der Waals surface area contributed by atoms with E-state index in [0.29, 0.717) is 0 Å². The second-order valence-electron chi connectivity index (χ2n) is 4.93. The van der Waals surface area contributed by atoms with Crippen LogP contribution in [0.2, 0.25) is 0 Å². The van der Waals surface area contributed by atoms with Crippen molar-refractivity contribution in [3.05, 3.63) is 29.8 Å². The highest BCUT2D eigenvalue weighted by molar-refractivity contribution is 7.99. The summed E-state index contributed by atoms with van der Waals surface area (Å²) in [6, 6.07) is 6.33. The Labute approximate surface area is 129 Å². The lowest BCUT2D eigenvalue weighted by molar-refractivity contribution is -0.139. The molecule has 116 valence electrons. The average molecular weight is 329 g/mol. The van der Waals surface area contributed by atoms with E-state index < -0.39 is 10.0 Å². The number of esters is 1. The Bertz CT molecular complexity index is 577. The van der Waals surface area contributed by atoms with Gasteiger partial charge in [-0.1, -0.05) is 12.1 Å². The van der Waals surface area contributed by atoms with Gasteiger partial charge in [-0.05, 0) is 36.3 Å². The molecule has 1 heterocycles. The molecule has 0 amide bonds. The number of hydrogen-bond acceptors (Lipinski definition) is 5. The Morgan fingerprint density at radius 3 is 2.67 bits per heavy atom. The van der Waals surface area contributed by atoms with E-state index in [0.717, 1.165) is 29.9 Å². The van der Waals surface area contributed by atoms with Crippen LogP contribution in [0.5, 0.6) is 0 Å². The van der Waals surface area contributed by atoms with Gasteiger partial charge in [0.1, 0.15) is 0 Å². The summed E-state index contributed by atoms with van der Waals surface area (Å²) < 4.78 is 31.9. The molecule has 1 fully saturated rings. The molecular formula is C14H19NO4S2. The molecule has 0 aliphatic carbocycles. The summed E-state index contributed by atoms with van der Waals surface area (Å²) in [5.74, 6) is 1.57. The molecule has 1 aliphatic rings. The SMILES string of the molecule is COC(=O)Cc1ccc(S(=O)(=O)NC2CCCSC2)cc1. The Balaban J connectivity index is 2.04. The topological polar surface area (TPSA) is 72.5 Å². The third-order valence-electron chi connectivity index (χ3n) is 3.29. The first-order chi connectivity index (χ1) is 10.0. The summed E-state index contributed by atoms with van der Waals surface area (Å²) in [5.41, 5.74) is 0.731. The van der Waals surface area contributed by atoms with Crippen LogP contribution < -0.4 is 4.72 Å². The molecule has 0 saturated carbocycles. The maximum absolute atomic E-state index is 12.3. The lowest BCUT2D eigenvalue weighted by atomic mass is 10.2. The van der Waals surface area contributed by atoms with E-state index in [1.54, 1.807) is 23.9 Å². The van der Waals surface area contributed by atoms with Crippen LogP contribution >= 0.6 is 11.8 Å². The number of benzene rings is 1. The van der Waals surface area contributed by atoms with Gasteiger partial charge in [0.05, 0.1) is 18.4 Å². The number of carbonyl (C=O) groups excluding carboxylic acids is 1. The number of sulfonamides is 1. The van der Waals surface area contributed by atoms with Crippen molar-refractivity contribution < 1.29 is 17.9 Å². The van der Waals surface area contributed by atoms with Crippen LogP contribution in [-0.2, 0) is 26.0 Å². The summed E-state index contributed by atoms with van der Waals surface area (Å²) in [6.45, 7) is 0. The normalized spacial score (nSPS) is 19.2. The fourth-order valence-electron chi connectivity index (χ4n) is 2.15. The maximum atomic E-state index is 12.3. The highest BCUT2D eigenvalue weighted by Crippen LogP contribution is 2.19. The van der Waals surface area contributed by atoms with Crippen LogP contribution in [0.25, 0.3) is 0 Å². The minimum atomic E-state index is -3.49. The van der Waals surface area contributed by atoms with Gasteiger partial charge in [-0.15, -0.1) is 0 Å². The van der Waals surface area contributed by atoms with Crippen molar-refractivity contribution >= 4 is 27.8 Å². The molecule has 5 nitrogen and oxygen atoms in total. The predicted molar refractivity (Wildman–Crippen MR) is 82.8 cm³/mol. The summed E-state index contributed by atoms with van der Waals surface area (Å²) in [4.78, 5) is 11.4. The van der Waals surface area contributed by atoms with Crippen LogP contribution in [0.4, 0.5) is 0 Å². The van der Waals surface area contributed by atoms with E-state index in [9.17, 15) is 13.2 Å². The number of hydrogen-bond donors (Lipinski definition) is 1. The molecule has 1 aromatic rings. The molecule has 21 heavy (non-hydrogen) atoms. The first kappa shape index (κ1) is 16.3. The lowest BCUT2D eigenvalue weighted by Gasteiger charge is -2.22. The molecular weight excluding hydrogens is 310 g/mol. The number of carbonyl (C=O) groups is 1. The molecule has 0 spiro atoms. The standard InChI is InChI=1S/C14H19NO4S2/c1-19-14(16)9-11-4-6-13(7-5-11)21(17,18)15-12-3-2-8-20-10-12/h4-7,12,15H,2-3,8-10H2,1H3. The summed E-state index contributed by atoms with van der Waals surface area (Å²) in [5, 5.41) is 0. The first-order valence-electron chi connectivity index (χ1n) is 6.77. The Hall–Kier alpha value is -1.05. The van der Waals surface area contributed by atoms with Gasteiger partial charge in [-0.2, -0.15) is 11.8 Å². The van der Waals surface area contributed by atoms with Crippen LogP contribution in [-0.4, -0.2) is 39.0 Å².